The third-order valence-corrected chi connectivity index (χ3v) is 5.64. The molecule has 3 rings (SSSR count). The van der Waals surface area contributed by atoms with E-state index in [9.17, 15) is 5.11 Å². The average Bonchev–Trinajstić information content (AvgIpc) is 3.17. The number of hydrogen-bond acceptors (Lipinski definition) is 3. The van der Waals surface area contributed by atoms with E-state index in [1.807, 2.05) is 18.2 Å². The molecule has 0 spiro atoms. The molecule has 0 aromatic heterocycles. The van der Waals surface area contributed by atoms with Crippen LogP contribution in [0.1, 0.15) is 51.0 Å². The Morgan fingerprint density at radius 3 is 2.65 bits per heavy atom. The number of aromatic hydroxyl groups is 1. The predicted molar refractivity (Wildman–Crippen MR) is 108 cm³/mol. The number of aliphatic imine (C=N–C) groups is 1. The highest BCUT2D eigenvalue weighted by atomic mass is 16.3. The molecule has 0 radical (unpaired) electrons. The lowest BCUT2D eigenvalue weighted by molar-refractivity contribution is 0.150. The van der Waals surface area contributed by atoms with Crippen LogP contribution in [0.3, 0.4) is 0 Å². The Kier molecular flexibility index (Phi) is 7.18. The summed E-state index contributed by atoms with van der Waals surface area (Å²) >= 11 is 0. The first-order valence-electron chi connectivity index (χ1n) is 10.3. The lowest BCUT2D eigenvalue weighted by atomic mass is 10.0. The summed E-state index contributed by atoms with van der Waals surface area (Å²) in [5.41, 5.74) is 1.12. The van der Waals surface area contributed by atoms with Crippen molar-refractivity contribution < 1.29 is 5.11 Å². The quantitative estimate of drug-likeness (QED) is 0.541. The molecule has 1 aromatic rings. The molecule has 0 bridgehead atoms. The monoisotopic (exact) mass is 358 g/mol. The molecule has 5 heteroatoms. The minimum atomic E-state index is 0.325. The van der Waals surface area contributed by atoms with E-state index < -0.39 is 0 Å². The van der Waals surface area contributed by atoms with Crippen LogP contribution in [0, 0.1) is 0 Å². The maximum absolute atomic E-state index is 9.56. The zero-order chi connectivity index (χ0) is 18.2. The van der Waals surface area contributed by atoms with Crippen molar-refractivity contribution >= 4 is 5.96 Å². The Labute approximate surface area is 157 Å². The van der Waals surface area contributed by atoms with Crippen molar-refractivity contribution in [1.82, 2.24) is 15.5 Å². The van der Waals surface area contributed by atoms with Crippen LogP contribution in [0.15, 0.2) is 29.3 Å². The summed E-state index contributed by atoms with van der Waals surface area (Å²) in [4.78, 5) is 7.43. The van der Waals surface area contributed by atoms with Gasteiger partial charge in [0.15, 0.2) is 5.96 Å². The van der Waals surface area contributed by atoms with Gasteiger partial charge in [0.2, 0.25) is 0 Å². The van der Waals surface area contributed by atoms with Crippen molar-refractivity contribution in [1.29, 1.82) is 0 Å². The molecule has 0 amide bonds. The second kappa shape index (κ2) is 9.81. The number of phenols is 1. The molecule has 3 N–H and O–H groups in total. The zero-order valence-electron chi connectivity index (χ0n) is 16.1. The van der Waals surface area contributed by atoms with Gasteiger partial charge in [-0.2, -0.15) is 0 Å². The van der Waals surface area contributed by atoms with Gasteiger partial charge < -0.3 is 20.6 Å². The van der Waals surface area contributed by atoms with Crippen LogP contribution < -0.4 is 10.6 Å². The largest absolute Gasteiger partial charge is 0.508 e. The predicted octanol–water partition coefficient (Wildman–Crippen LogP) is 2.90. The Morgan fingerprint density at radius 2 is 1.96 bits per heavy atom. The lowest BCUT2D eigenvalue weighted by Gasteiger charge is -2.36. The first kappa shape index (κ1) is 19.0. The molecule has 1 heterocycles. The minimum absolute atomic E-state index is 0.325. The Hall–Kier alpha value is -1.75. The van der Waals surface area contributed by atoms with E-state index in [0.717, 1.165) is 37.1 Å². The molecule has 0 atom stereocenters. The average molecular weight is 359 g/mol. The van der Waals surface area contributed by atoms with Crippen LogP contribution in [-0.4, -0.2) is 54.2 Å². The van der Waals surface area contributed by atoms with Crippen LogP contribution in [0.25, 0.3) is 0 Å². The van der Waals surface area contributed by atoms with Crippen molar-refractivity contribution in [3.63, 3.8) is 0 Å². The SMILES string of the molecule is CCNC(=NCCc1cccc(O)c1)NC1CCN(C2CCCC2)CC1. The normalized spacial score (nSPS) is 20.4. The van der Waals surface area contributed by atoms with Gasteiger partial charge in [0.25, 0.3) is 0 Å². The summed E-state index contributed by atoms with van der Waals surface area (Å²) in [6.07, 6.45) is 8.87. The summed E-state index contributed by atoms with van der Waals surface area (Å²) < 4.78 is 0. The fourth-order valence-corrected chi connectivity index (χ4v) is 4.20. The number of nitrogens with zero attached hydrogens (tertiary/aromatic N) is 2. The zero-order valence-corrected chi connectivity index (χ0v) is 16.1. The third-order valence-electron chi connectivity index (χ3n) is 5.64. The van der Waals surface area contributed by atoms with E-state index in [2.05, 4.69) is 22.5 Å². The fourth-order valence-electron chi connectivity index (χ4n) is 4.20. The van der Waals surface area contributed by atoms with Crippen molar-refractivity contribution in [3.8, 4) is 5.75 Å². The molecule has 26 heavy (non-hydrogen) atoms. The summed E-state index contributed by atoms with van der Waals surface area (Å²) in [6.45, 7) is 6.13. The Bertz CT molecular complexity index is 575. The maximum Gasteiger partial charge on any atom is 0.191 e. The van der Waals surface area contributed by atoms with Gasteiger partial charge in [-0.05, 0) is 56.7 Å². The second-order valence-corrected chi connectivity index (χ2v) is 7.57. The minimum Gasteiger partial charge on any atom is -0.508 e. The van der Waals surface area contributed by atoms with Crippen LogP contribution in [0.5, 0.6) is 5.75 Å². The highest BCUT2D eigenvalue weighted by molar-refractivity contribution is 5.80. The number of rotatable bonds is 6. The molecule has 1 aliphatic carbocycles. The van der Waals surface area contributed by atoms with Gasteiger partial charge in [0, 0.05) is 38.3 Å². The molecule has 5 nitrogen and oxygen atoms in total. The number of phenolic OH excluding ortho intramolecular Hbond substituents is 1. The molecular weight excluding hydrogens is 324 g/mol. The van der Waals surface area contributed by atoms with Crippen molar-refractivity contribution in [2.75, 3.05) is 26.2 Å². The first-order chi connectivity index (χ1) is 12.7. The molecular formula is C21H34N4O. The molecule has 0 unspecified atom stereocenters. The van der Waals surface area contributed by atoms with Crippen molar-refractivity contribution in [2.24, 2.45) is 4.99 Å². The van der Waals surface area contributed by atoms with Gasteiger partial charge in [-0.15, -0.1) is 0 Å². The van der Waals surface area contributed by atoms with E-state index in [0.29, 0.717) is 11.8 Å². The summed E-state index contributed by atoms with van der Waals surface area (Å²) in [5, 5.41) is 16.6. The van der Waals surface area contributed by atoms with Gasteiger partial charge >= 0.3 is 0 Å². The van der Waals surface area contributed by atoms with E-state index in [-0.39, 0.29) is 0 Å². The maximum atomic E-state index is 9.56. The number of nitrogens with one attached hydrogen (secondary N) is 2. The van der Waals surface area contributed by atoms with E-state index in [1.165, 1.54) is 51.6 Å². The smallest absolute Gasteiger partial charge is 0.191 e. The highest BCUT2D eigenvalue weighted by Crippen LogP contribution is 2.26. The van der Waals surface area contributed by atoms with E-state index >= 15 is 0 Å². The molecule has 1 aromatic carbocycles. The standard InChI is InChI=1S/C21H34N4O/c1-2-22-21(23-13-10-17-6-5-9-20(26)16-17)24-18-11-14-25(15-12-18)19-7-3-4-8-19/h5-6,9,16,18-19,26H,2-4,7-8,10-15H2,1H3,(H2,22,23,24). The topological polar surface area (TPSA) is 59.9 Å². The number of likely N-dealkylation sites (tertiary alicyclic amines) is 1. The number of guanidine groups is 1. The molecule has 2 aliphatic rings. The highest BCUT2D eigenvalue weighted by Gasteiger charge is 2.27. The molecule has 2 fully saturated rings. The number of benzene rings is 1. The van der Waals surface area contributed by atoms with E-state index in [4.69, 9.17) is 4.99 Å². The molecule has 1 aliphatic heterocycles. The van der Waals surface area contributed by atoms with Gasteiger partial charge in [0.05, 0.1) is 0 Å². The van der Waals surface area contributed by atoms with Crippen LogP contribution in [0.2, 0.25) is 0 Å². The molecule has 1 saturated heterocycles. The van der Waals surface area contributed by atoms with Crippen molar-refractivity contribution in [3.05, 3.63) is 29.8 Å². The van der Waals surface area contributed by atoms with E-state index in [1.54, 1.807) is 6.07 Å². The Morgan fingerprint density at radius 1 is 1.19 bits per heavy atom. The molecule has 1 saturated carbocycles. The van der Waals surface area contributed by atoms with Gasteiger partial charge in [-0.3, -0.25) is 4.99 Å². The van der Waals surface area contributed by atoms with Crippen molar-refractivity contribution in [2.45, 2.75) is 64.0 Å². The number of piperidine rings is 1. The van der Waals surface area contributed by atoms with Gasteiger partial charge in [-0.25, -0.2) is 0 Å². The lowest BCUT2D eigenvalue weighted by Crippen LogP contribution is -2.50. The van der Waals surface area contributed by atoms with Crippen LogP contribution in [-0.2, 0) is 6.42 Å². The first-order valence-corrected chi connectivity index (χ1v) is 10.3. The second-order valence-electron chi connectivity index (χ2n) is 7.57. The van der Waals surface area contributed by atoms with Crippen LogP contribution in [0.4, 0.5) is 0 Å². The number of hydrogen-bond donors (Lipinski definition) is 3. The third kappa shape index (κ3) is 5.63. The fraction of sp³-hybridized carbons (Fsp3) is 0.667. The van der Waals surface area contributed by atoms with Gasteiger partial charge in [-0.1, -0.05) is 25.0 Å². The Balaban J connectivity index is 1.45. The summed E-state index contributed by atoms with van der Waals surface area (Å²) in [7, 11) is 0. The summed E-state index contributed by atoms with van der Waals surface area (Å²) in [5.74, 6) is 1.25. The van der Waals surface area contributed by atoms with Crippen LogP contribution >= 0.6 is 0 Å². The van der Waals surface area contributed by atoms with Gasteiger partial charge in [0.1, 0.15) is 5.75 Å². The molecule has 144 valence electrons. The summed E-state index contributed by atoms with van der Waals surface area (Å²) in [6, 6.07) is 8.81.